The summed E-state index contributed by atoms with van der Waals surface area (Å²) in [7, 11) is 0. The van der Waals surface area contributed by atoms with E-state index in [4.69, 9.17) is 0 Å². The Labute approximate surface area is 125 Å². The van der Waals surface area contributed by atoms with Crippen molar-refractivity contribution in [3.63, 3.8) is 0 Å². The molecule has 1 heterocycles. The summed E-state index contributed by atoms with van der Waals surface area (Å²) >= 11 is 0. The van der Waals surface area contributed by atoms with Crippen LogP contribution in [0.3, 0.4) is 0 Å². The number of nitrogens with zero attached hydrogens (tertiary/aromatic N) is 1. The molecule has 1 amide bonds. The molecule has 1 aliphatic carbocycles. The normalized spacial score (nSPS) is 25.9. The van der Waals surface area contributed by atoms with Gasteiger partial charge in [-0.25, -0.2) is 4.39 Å². The molecule has 0 bridgehead atoms. The Hall–Kier alpha value is -1.42. The highest BCUT2D eigenvalue weighted by Gasteiger charge is 2.42. The Bertz CT molecular complexity index is 527. The van der Waals surface area contributed by atoms with Gasteiger partial charge in [-0.05, 0) is 24.3 Å². The summed E-state index contributed by atoms with van der Waals surface area (Å²) in [4.78, 5) is 14.5. The zero-order valence-corrected chi connectivity index (χ0v) is 12.7. The molecule has 4 heteroatoms. The van der Waals surface area contributed by atoms with Gasteiger partial charge < -0.3 is 4.90 Å². The molecule has 1 aromatic carbocycles. The van der Waals surface area contributed by atoms with Gasteiger partial charge in [-0.1, -0.05) is 44.9 Å². The lowest BCUT2D eigenvalue weighted by Crippen LogP contribution is -2.35. The molecule has 1 saturated heterocycles. The minimum Gasteiger partial charge on any atom is -0.321 e. The largest absolute Gasteiger partial charge is 0.321 e. The first-order valence-corrected chi connectivity index (χ1v) is 7.89. The molecule has 2 fully saturated rings. The van der Waals surface area contributed by atoms with Crippen LogP contribution in [0.4, 0.5) is 4.39 Å². The van der Waals surface area contributed by atoms with Crippen molar-refractivity contribution in [2.45, 2.75) is 45.3 Å². The Morgan fingerprint density at radius 1 is 1.33 bits per heavy atom. The van der Waals surface area contributed by atoms with Crippen molar-refractivity contribution in [1.29, 1.82) is 0 Å². The highest BCUT2D eigenvalue weighted by atomic mass is 19.1. The number of hydrogen-bond donors (Lipinski definition) is 1. The maximum atomic E-state index is 14.1. The molecule has 1 N–H and O–H groups in total. The second-order valence-electron chi connectivity index (χ2n) is 6.58. The van der Waals surface area contributed by atoms with Crippen LogP contribution < -0.4 is 5.32 Å². The average molecular weight is 290 g/mol. The van der Waals surface area contributed by atoms with Gasteiger partial charge in [0.2, 0.25) is 5.91 Å². The predicted molar refractivity (Wildman–Crippen MR) is 80.0 cm³/mol. The third-order valence-corrected chi connectivity index (χ3v) is 4.54. The summed E-state index contributed by atoms with van der Waals surface area (Å²) in [5, 5.41) is 3.33. The minimum absolute atomic E-state index is 0.110. The van der Waals surface area contributed by atoms with Crippen LogP contribution in [-0.4, -0.2) is 23.4 Å². The van der Waals surface area contributed by atoms with E-state index in [0.29, 0.717) is 5.56 Å². The molecule has 2 unspecified atom stereocenters. The Morgan fingerprint density at radius 3 is 2.67 bits per heavy atom. The second-order valence-corrected chi connectivity index (χ2v) is 6.58. The quantitative estimate of drug-likeness (QED) is 0.904. The summed E-state index contributed by atoms with van der Waals surface area (Å²) in [5.41, 5.74) is 0.574. The number of carbonyl (C=O) groups is 1. The molecule has 114 valence electrons. The first-order valence-electron chi connectivity index (χ1n) is 7.89. The summed E-state index contributed by atoms with van der Waals surface area (Å²) in [6, 6.07) is 6.53. The van der Waals surface area contributed by atoms with Gasteiger partial charge in [0.15, 0.2) is 0 Å². The summed E-state index contributed by atoms with van der Waals surface area (Å²) < 4.78 is 14.1. The van der Waals surface area contributed by atoms with E-state index in [9.17, 15) is 9.18 Å². The lowest BCUT2D eigenvalue weighted by molar-refractivity contribution is -0.130. The van der Waals surface area contributed by atoms with Crippen molar-refractivity contribution in [2.24, 2.45) is 11.8 Å². The number of carbonyl (C=O) groups excluding carboxylic acids is 1. The highest BCUT2D eigenvalue weighted by Crippen LogP contribution is 2.35. The standard InChI is InChI=1S/C17H23FN2O/c1-11(2)15-17(21)20(10-9-12-7-8-12)16(19-15)13-5-3-4-6-14(13)18/h3-6,11-12,15-16,19H,7-10H2,1-2H3. The number of hydrogen-bond acceptors (Lipinski definition) is 2. The molecule has 1 aliphatic heterocycles. The fourth-order valence-electron chi connectivity index (χ4n) is 3.04. The van der Waals surface area contributed by atoms with E-state index in [-0.39, 0.29) is 29.8 Å². The smallest absolute Gasteiger partial charge is 0.241 e. The molecule has 0 aromatic heterocycles. The molecule has 3 nitrogen and oxygen atoms in total. The summed E-state index contributed by atoms with van der Waals surface area (Å²) in [6.07, 6.45) is 3.24. The fraction of sp³-hybridized carbons (Fsp3) is 0.588. The molecule has 1 saturated carbocycles. The Balaban J connectivity index is 1.84. The average Bonchev–Trinajstić information content (AvgIpc) is 3.21. The Kier molecular flexibility index (Phi) is 3.98. The molecule has 0 spiro atoms. The van der Waals surface area contributed by atoms with E-state index in [1.165, 1.54) is 18.9 Å². The Morgan fingerprint density at radius 2 is 2.05 bits per heavy atom. The van der Waals surface area contributed by atoms with E-state index in [1.54, 1.807) is 12.1 Å². The number of rotatable bonds is 5. The van der Waals surface area contributed by atoms with Gasteiger partial charge in [0.1, 0.15) is 12.0 Å². The molecule has 2 aliphatic rings. The van der Waals surface area contributed by atoms with Crippen LogP contribution in [0, 0.1) is 17.7 Å². The van der Waals surface area contributed by atoms with Crippen molar-refractivity contribution in [3.05, 3.63) is 35.6 Å². The maximum absolute atomic E-state index is 14.1. The van der Waals surface area contributed by atoms with Gasteiger partial charge >= 0.3 is 0 Å². The van der Waals surface area contributed by atoms with E-state index < -0.39 is 0 Å². The van der Waals surface area contributed by atoms with Crippen LogP contribution in [0.5, 0.6) is 0 Å². The van der Waals surface area contributed by atoms with Crippen molar-refractivity contribution < 1.29 is 9.18 Å². The first kappa shape index (κ1) is 14.5. The van der Waals surface area contributed by atoms with Crippen LogP contribution in [0.15, 0.2) is 24.3 Å². The SMILES string of the molecule is CC(C)C1NC(c2ccccc2F)N(CCC2CC2)C1=O. The van der Waals surface area contributed by atoms with E-state index >= 15 is 0 Å². The summed E-state index contributed by atoms with van der Waals surface area (Å²) in [6.45, 7) is 4.77. The molecule has 0 radical (unpaired) electrons. The van der Waals surface area contributed by atoms with Gasteiger partial charge in [0.05, 0.1) is 6.04 Å². The molecular weight excluding hydrogens is 267 g/mol. The molecule has 1 aromatic rings. The zero-order valence-electron chi connectivity index (χ0n) is 12.7. The maximum Gasteiger partial charge on any atom is 0.241 e. The van der Waals surface area contributed by atoms with Gasteiger partial charge in [-0.15, -0.1) is 0 Å². The molecule has 2 atom stereocenters. The van der Waals surface area contributed by atoms with E-state index in [0.717, 1.165) is 18.9 Å². The third-order valence-electron chi connectivity index (χ3n) is 4.54. The van der Waals surface area contributed by atoms with E-state index in [2.05, 4.69) is 5.32 Å². The van der Waals surface area contributed by atoms with Crippen molar-refractivity contribution in [1.82, 2.24) is 10.2 Å². The van der Waals surface area contributed by atoms with Crippen LogP contribution in [0.2, 0.25) is 0 Å². The van der Waals surface area contributed by atoms with Crippen LogP contribution >= 0.6 is 0 Å². The lowest BCUT2D eigenvalue weighted by atomic mass is 10.0. The zero-order chi connectivity index (χ0) is 15.0. The fourth-order valence-corrected chi connectivity index (χ4v) is 3.04. The third kappa shape index (κ3) is 2.95. The van der Waals surface area contributed by atoms with E-state index in [1.807, 2.05) is 24.8 Å². The van der Waals surface area contributed by atoms with Crippen molar-refractivity contribution in [2.75, 3.05) is 6.54 Å². The lowest BCUT2D eigenvalue weighted by Gasteiger charge is -2.24. The molecular formula is C17H23FN2O. The van der Waals surface area contributed by atoms with Gasteiger partial charge in [0.25, 0.3) is 0 Å². The van der Waals surface area contributed by atoms with Crippen LogP contribution in [-0.2, 0) is 4.79 Å². The minimum atomic E-state index is -0.329. The van der Waals surface area contributed by atoms with Gasteiger partial charge in [-0.2, -0.15) is 0 Å². The number of amides is 1. The monoisotopic (exact) mass is 290 g/mol. The van der Waals surface area contributed by atoms with Gasteiger partial charge in [0, 0.05) is 12.1 Å². The van der Waals surface area contributed by atoms with Gasteiger partial charge in [-0.3, -0.25) is 10.1 Å². The van der Waals surface area contributed by atoms with Crippen molar-refractivity contribution >= 4 is 5.91 Å². The molecule has 21 heavy (non-hydrogen) atoms. The highest BCUT2D eigenvalue weighted by molar-refractivity contribution is 5.84. The van der Waals surface area contributed by atoms with Crippen molar-refractivity contribution in [3.8, 4) is 0 Å². The number of benzene rings is 1. The second kappa shape index (κ2) is 5.76. The first-order chi connectivity index (χ1) is 10.1. The summed E-state index contributed by atoms with van der Waals surface area (Å²) in [5.74, 6) is 0.831. The number of nitrogens with one attached hydrogen (secondary N) is 1. The number of halogens is 1. The topological polar surface area (TPSA) is 32.3 Å². The molecule has 3 rings (SSSR count). The predicted octanol–water partition coefficient (Wildman–Crippen LogP) is 3.08. The van der Waals surface area contributed by atoms with Crippen LogP contribution in [0.25, 0.3) is 0 Å². The van der Waals surface area contributed by atoms with Crippen LogP contribution in [0.1, 0.15) is 44.8 Å².